The number of fused-ring (bicyclic) bond motifs is 1. The van der Waals surface area contributed by atoms with Crippen molar-refractivity contribution >= 4 is 41.3 Å². The van der Waals surface area contributed by atoms with Crippen LogP contribution in [0.4, 0.5) is 0 Å². The predicted octanol–water partition coefficient (Wildman–Crippen LogP) is -1.30. The van der Waals surface area contributed by atoms with Crippen molar-refractivity contribution < 1.29 is 24.6 Å². The Morgan fingerprint density at radius 3 is 2.66 bits per heavy atom. The number of amides is 2. The van der Waals surface area contributed by atoms with Gasteiger partial charge in [-0.3, -0.25) is 28.6 Å². The number of benzene rings is 1. The van der Waals surface area contributed by atoms with Gasteiger partial charge in [0.25, 0.3) is 5.91 Å². The van der Waals surface area contributed by atoms with Crippen LogP contribution in [0.25, 0.3) is 0 Å². The molecule has 35 heavy (non-hydrogen) atoms. The maximum absolute atomic E-state index is 12.8. The van der Waals surface area contributed by atoms with Crippen molar-refractivity contribution in [1.29, 1.82) is 0 Å². The highest BCUT2D eigenvalue weighted by Crippen LogP contribution is 2.41. The summed E-state index contributed by atoms with van der Waals surface area (Å²) in [4.78, 5) is 61.7. The number of hydrogen-bond acceptors (Lipinski definition) is 10. The maximum atomic E-state index is 12.8. The minimum Gasteiger partial charge on any atom is -0.508 e. The number of rotatable bonds is 7. The van der Waals surface area contributed by atoms with Gasteiger partial charge < -0.3 is 21.3 Å². The molecule has 2 unspecified atom stereocenters. The first-order valence-corrected chi connectivity index (χ1v) is 12.2. The van der Waals surface area contributed by atoms with Gasteiger partial charge >= 0.3 is 17.1 Å². The van der Waals surface area contributed by atoms with Gasteiger partial charge in [0.1, 0.15) is 28.9 Å². The number of aromatic hydroxyl groups is 1. The number of phenolic OH excluding ortho intramolecular Hbond substituents is 1. The summed E-state index contributed by atoms with van der Waals surface area (Å²) in [6, 6.07) is 3.74. The predicted molar refractivity (Wildman–Crippen MR) is 126 cm³/mol. The van der Waals surface area contributed by atoms with Gasteiger partial charge in [-0.1, -0.05) is 23.9 Å². The highest BCUT2D eigenvalue weighted by Gasteiger charge is 2.54. The van der Waals surface area contributed by atoms with Crippen molar-refractivity contribution in [2.75, 3.05) is 11.5 Å². The van der Waals surface area contributed by atoms with E-state index in [-0.39, 0.29) is 28.1 Å². The molecular weight excluding hydrogens is 500 g/mol. The molecule has 2 aliphatic rings. The summed E-state index contributed by atoms with van der Waals surface area (Å²) in [7, 11) is 1.38. The molecule has 1 saturated heterocycles. The molecule has 2 amide bonds. The molecule has 2 aliphatic heterocycles. The number of thioether (sulfide) groups is 2. The van der Waals surface area contributed by atoms with Gasteiger partial charge in [-0.2, -0.15) is 0 Å². The Morgan fingerprint density at radius 2 is 2.00 bits per heavy atom. The lowest BCUT2D eigenvalue weighted by atomic mass is 10.0. The van der Waals surface area contributed by atoms with Crippen LogP contribution in [-0.4, -0.2) is 70.6 Å². The number of carbonyl (C=O) groups excluding carboxylic acids is 2. The fourth-order valence-electron chi connectivity index (χ4n) is 3.61. The van der Waals surface area contributed by atoms with Crippen LogP contribution in [-0.2, 0) is 21.4 Å². The zero-order chi connectivity index (χ0) is 25.4. The zero-order valence-electron chi connectivity index (χ0n) is 18.1. The Balaban J connectivity index is 1.48. The van der Waals surface area contributed by atoms with Crippen LogP contribution in [0.3, 0.4) is 0 Å². The molecule has 0 aliphatic carbocycles. The Kier molecular flexibility index (Phi) is 6.73. The van der Waals surface area contributed by atoms with E-state index in [1.165, 1.54) is 43.1 Å². The van der Waals surface area contributed by atoms with E-state index in [1.54, 1.807) is 0 Å². The van der Waals surface area contributed by atoms with Gasteiger partial charge in [0.05, 0.1) is 0 Å². The third-order valence-corrected chi connectivity index (χ3v) is 7.95. The van der Waals surface area contributed by atoms with Crippen LogP contribution in [0, 0.1) is 0 Å². The molecule has 0 radical (unpaired) electrons. The van der Waals surface area contributed by atoms with E-state index < -0.39 is 46.4 Å². The summed E-state index contributed by atoms with van der Waals surface area (Å²) in [6.45, 7) is 0. The number of H-pyrrole nitrogens is 1. The van der Waals surface area contributed by atoms with Crippen molar-refractivity contribution in [2.45, 2.75) is 22.6 Å². The van der Waals surface area contributed by atoms with Crippen molar-refractivity contribution in [2.24, 2.45) is 12.8 Å². The van der Waals surface area contributed by atoms with E-state index in [1.807, 2.05) is 0 Å². The first-order chi connectivity index (χ1) is 16.6. The Labute approximate surface area is 205 Å². The minimum absolute atomic E-state index is 0.0188. The van der Waals surface area contributed by atoms with Gasteiger partial charge in [-0.15, -0.1) is 16.9 Å². The third-order valence-electron chi connectivity index (χ3n) is 5.50. The first kappa shape index (κ1) is 24.6. The van der Waals surface area contributed by atoms with Gasteiger partial charge in [0, 0.05) is 18.6 Å². The summed E-state index contributed by atoms with van der Waals surface area (Å²) in [6.07, 6.45) is 0. The molecule has 4 rings (SSSR count). The largest absolute Gasteiger partial charge is 0.508 e. The number of aromatic nitrogens is 3. The van der Waals surface area contributed by atoms with E-state index in [2.05, 4.69) is 15.5 Å². The number of carboxylic acids is 1. The van der Waals surface area contributed by atoms with Crippen molar-refractivity contribution in [3.8, 4) is 5.75 Å². The van der Waals surface area contributed by atoms with E-state index >= 15 is 0 Å². The fourth-order valence-corrected chi connectivity index (χ4v) is 6.02. The molecule has 1 aromatic heterocycles. The van der Waals surface area contributed by atoms with Crippen LogP contribution in [0.2, 0.25) is 0 Å². The number of nitrogens with zero attached hydrogens (tertiary/aromatic N) is 3. The third kappa shape index (κ3) is 4.56. The normalized spacial score (nSPS) is 20.2. The maximum Gasteiger partial charge on any atom is 0.352 e. The van der Waals surface area contributed by atoms with E-state index in [4.69, 9.17) is 5.73 Å². The number of carboxylic acid groups (broad SMARTS) is 1. The molecule has 3 heterocycles. The van der Waals surface area contributed by atoms with Gasteiger partial charge in [0.15, 0.2) is 5.16 Å². The van der Waals surface area contributed by atoms with Gasteiger partial charge in [-0.05, 0) is 23.3 Å². The topological polar surface area (TPSA) is 201 Å². The van der Waals surface area contributed by atoms with Crippen LogP contribution < -0.4 is 22.2 Å². The van der Waals surface area contributed by atoms with Crippen LogP contribution in [0.5, 0.6) is 5.75 Å². The minimum atomic E-state index is -1.30. The zero-order valence-corrected chi connectivity index (χ0v) is 19.8. The lowest BCUT2D eigenvalue weighted by molar-refractivity contribution is -0.150. The molecule has 0 bridgehead atoms. The highest BCUT2D eigenvalue weighted by molar-refractivity contribution is 8.01. The molecular formula is C20H20N6O7S2. The summed E-state index contributed by atoms with van der Waals surface area (Å²) in [5.74, 6) is -2.10. The fraction of sp³-hybridized carbons (Fsp3) is 0.300. The lowest BCUT2D eigenvalue weighted by Gasteiger charge is -2.49. The number of nitrogens with one attached hydrogen (secondary N) is 2. The van der Waals surface area contributed by atoms with Crippen molar-refractivity contribution in [1.82, 2.24) is 25.0 Å². The summed E-state index contributed by atoms with van der Waals surface area (Å²) in [5.41, 5.74) is 4.99. The standard InChI is InChI=1S/C20H20N6O7S2/c1-25-17(31)15(29)23-24-20(25)35-7-9-6-34-18-12(16(30)26(18)13(9)19(32)33)22-14(28)11(21)8-2-4-10(27)5-3-8/h2-5,11-12,18,27H,6-7,21H2,1H3,(H,22,28)(H,23,29)(H,32,33)/t11?,12?,18-/m1/s1. The van der Waals surface area contributed by atoms with Crippen LogP contribution in [0.15, 0.2) is 50.3 Å². The number of phenols is 1. The average molecular weight is 521 g/mol. The van der Waals surface area contributed by atoms with Crippen LogP contribution >= 0.6 is 23.5 Å². The van der Waals surface area contributed by atoms with Gasteiger partial charge in [-0.25, -0.2) is 9.89 Å². The smallest absolute Gasteiger partial charge is 0.352 e. The molecule has 184 valence electrons. The number of aromatic amines is 1. The molecule has 0 spiro atoms. The molecule has 6 N–H and O–H groups in total. The Hall–Kier alpha value is -3.56. The molecule has 3 atom stereocenters. The average Bonchev–Trinajstić information content (AvgIpc) is 2.84. The van der Waals surface area contributed by atoms with Crippen molar-refractivity contribution in [3.63, 3.8) is 0 Å². The van der Waals surface area contributed by atoms with E-state index in [9.17, 15) is 34.2 Å². The number of nitrogens with two attached hydrogens (primary N) is 1. The number of β-lactam (4-membered cyclic amide) rings is 1. The Morgan fingerprint density at radius 1 is 1.31 bits per heavy atom. The number of carbonyl (C=O) groups is 3. The second kappa shape index (κ2) is 9.59. The summed E-state index contributed by atoms with van der Waals surface area (Å²) in [5, 5.41) is 27.2. The van der Waals surface area contributed by atoms with E-state index in [0.717, 1.165) is 21.2 Å². The lowest BCUT2D eigenvalue weighted by Crippen LogP contribution is -2.71. The molecule has 1 fully saturated rings. The summed E-state index contributed by atoms with van der Waals surface area (Å²) >= 11 is 2.33. The first-order valence-electron chi connectivity index (χ1n) is 10.1. The molecule has 15 heteroatoms. The second-order valence-electron chi connectivity index (χ2n) is 7.71. The highest BCUT2D eigenvalue weighted by atomic mass is 32.2. The van der Waals surface area contributed by atoms with E-state index in [0.29, 0.717) is 11.1 Å². The molecule has 2 aromatic rings. The number of hydrogen-bond donors (Lipinski definition) is 5. The summed E-state index contributed by atoms with van der Waals surface area (Å²) < 4.78 is 1.06. The molecule has 1 aromatic carbocycles. The van der Waals surface area contributed by atoms with Crippen molar-refractivity contribution in [3.05, 3.63) is 61.8 Å². The monoisotopic (exact) mass is 520 g/mol. The number of aliphatic carboxylic acids is 1. The SMILES string of the molecule is Cn1c(SCC2=C(C(=O)O)N3C(=O)C(NC(=O)C(N)c4ccc(O)cc4)[C@H]3SC2)n[nH]c(=O)c1=O. The second-order valence-corrected chi connectivity index (χ2v) is 9.76. The van der Waals surface area contributed by atoms with Crippen LogP contribution in [0.1, 0.15) is 11.6 Å². The van der Waals surface area contributed by atoms with Gasteiger partial charge in [0.2, 0.25) is 5.91 Å². The molecule has 13 nitrogen and oxygen atoms in total. The quantitative estimate of drug-likeness (QED) is 0.165. The Bertz CT molecular complexity index is 1350. The molecule has 0 saturated carbocycles.